The number of carbonyl (C=O) groups is 2. The molecule has 0 heterocycles. The van der Waals surface area contributed by atoms with Crippen molar-refractivity contribution >= 4 is 19.8 Å². The summed E-state index contributed by atoms with van der Waals surface area (Å²) in [6.45, 7) is 3.73. The highest BCUT2D eigenvalue weighted by Crippen LogP contribution is 2.43. The van der Waals surface area contributed by atoms with Crippen LogP contribution in [0.1, 0.15) is 200 Å². The normalized spacial score (nSPS) is 13.4. The molecule has 0 saturated heterocycles. The van der Waals surface area contributed by atoms with Crippen molar-refractivity contribution in [3.05, 3.63) is 12.2 Å². The smallest absolute Gasteiger partial charge is 0.462 e. The molecule has 3 N–H and O–H groups in total. The molecule has 0 rings (SSSR count). The molecule has 0 fully saturated rings. The number of phosphoric acid groups is 1. The maximum atomic E-state index is 12.5. The van der Waals surface area contributed by atoms with Crippen LogP contribution >= 0.6 is 7.82 Å². The van der Waals surface area contributed by atoms with Crippen LogP contribution < -0.4 is 5.73 Å². The van der Waals surface area contributed by atoms with E-state index in [0.29, 0.717) is 6.42 Å². The molecule has 10 heteroatoms. The van der Waals surface area contributed by atoms with Crippen molar-refractivity contribution in [1.29, 1.82) is 0 Å². The third-order valence-electron chi connectivity index (χ3n) is 8.90. The maximum Gasteiger partial charge on any atom is 0.472 e. The summed E-state index contributed by atoms with van der Waals surface area (Å²) in [5.41, 5.74) is 5.34. The number of allylic oxidation sites excluding steroid dienone is 2. The summed E-state index contributed by atoms with van der Waals surface area (Å²) < 4.78 is 32.7. The summed E-state index contributed by atoms with van der Waals surface area (Å²) in [4.78, 5) is 34.8. The van der Waals surface area contributed by atoms with Crippen molar-refractivity contribution < 1.29 is 37.6 Å². The SMILES string of the molecule is CCCCCCCC/C=C/CCCCCCCCCC(=O)OC[C@@H](COP(=O)(O)OCCN)OC(=O)CCCCCCCCCCCCCC. The Balaban J connectivity index is 4.14. The molecule has 9 nitrogen and oxygen atoms in total. The van der Waals surface area contributed by atoms with Crippen LogP contribution in [0.25, 0.3) is 0 Å². The number of esters is 2. The van der Waals surface area contributed by atoms with Gasteiger partial charge in [-0.05, 0) is 38.5 Å². The molecule has 0 aromatic rings. The molecule has 0 radical (unpaired) electrons. The second-order valence-corrected chi connectivity index (χ2v) is 15.3. The Bertz CT molecular complexity index is 840. The van der Waals surface area contributed by atoms with E-state index in [4.69, 9.17) is 24.3 Å². The van der Waals surface area contributed by atoms with E-state index in [2.05, 4.69) is 26.0 Å². The van der Waals surface area contributed by atoms with Gasteiger partial charge in [-0.1, -0.05) is 161 Å². The van der Waals surface area contributed by atoms with Crippen molar-refractivity contribution in [2.45, 2.75) is 206 Å². The molecule has 50 heavy (non-hydrogen) atoms. The van der Waals surface area contributed by atoms with E-state index in [1.54, 1.807) is 0 Å². The van der Waals surface area contributed by atoms with E-state index in [-0.39, 0.29) is 38.6 Å². The molecule has 0 aliphatic heterocycles. The van der Waals surface area contributed by atoms with E-state index in [1.165, 1.54) is 135 Å². The second kappa shape index (κ2) is 37.5. The third kappa shape index (κ3) is 36.5. The Morgan fingerprint density at radius 3 is 1.42 bits per heavy atom. The molecule has 1 unspecified atom stereocenters. The Kier molecular flexibility index (Phi) is 36.6. The number of nitrogens with two attached hydrogens (primary N) is 1. The average molecular weight is 732 g/mol. The molecule has 0 aromatic carbocycles. The van der Waals surface area contributed by atoms with Gasteiger partial charge in [-0.3, -0.25) is 18.6 Å². The van der Waals surface area contributed by atoms with Crippen molar-refractivity contribution in [2.75, 3.05) is 26.4 Å². The van der Waals surface area contributed by atoms with E-state index >= 15 is 0 Å². The fourth-order valence-corrected chi connectivity index (χ4v) is 6.57. The number of ether oxygens (including phenoxy) is 2. The van der Waals surface area contributed by atoms with Gasteiger partial charge in [0.1, 0.15) is 6.61 Å². The van der Waals surface area contributed by atoms with Crippen molar-refractivity contribution in [3.63, 3.8) is 0 Å². The van der Waals surface area contributed by atoms with Gasteiger partial charge in [0.2, 0.25) is 0 Å². The van der Waals surface area contributed by atoms with Gasteiger partial charge < -0.3 is 20.1 Å². The molecule has 2 atom stereocenters. The van der Waals surface area contributed by atoms with E-state index < -0.39 is 26.5 Å². The number of phosphoric ester groups is 1. The van der Waals surface area contributed by atoms with Gasteiger partial charge in [0.25, 0.3) is 0 Å². The lowest BCUT2D eigenvalue weighted by atomic mass is 10.0. The van der Waals surface area contributed by atoms with Crippen LogP contribution in [0.5, 0.6) is 0 Å². The minimum absolute atomic E-state index is 0.0555. The first-order chi connectivity index (χ1) is 24.3. The van der Waals surface area contributed by atoms with Gasteiger partial charge in [-0.2, -0.15) is 0 Å². The Hall–Kier alpha value is -1.25. The fraction of sp³-hybridized carbons (Fsp3) is 0.900. The van der Waals surface area contributed by atoms with E-state index in [9.17, 15) is 19.0 Å². The fourth-order valence-electron chi connectivity index (χ4n) is 5.81. The summed E-state index contributed by atoms with van der Waals surface area (Å²) in [6.07, 6.45) is 36.6. The Labute approximate surface area is 307 Å². The zero-order chi connectivity index (χ0) is 36.8. The quantitative estimate of drug-likeness (QED) is 0.0274. The summed E-state index contributed by atoms with van der Waals surface area (Å²) >= 11 is 0. The van der Waals surface area contributed by atoms with Gasteiger partial charge in [0, 0.05) is 19.4 Å². The van der Waals surface area contributed by atoms with E-state index in [0.717, 1.165) is 32.1 Å². The topological polar surface area (TPSA) is 134 Å². The number of hydrogen-bond acceptors (Lipinski definition) is 8. The molecular formula is C40H78NO8P. The molecule has 0 aromatic heterocycles. The van der Waals surface area contributed by atoms with E-state index in [1.807, 2.05) is 0 Å². The van der Waals surface area contributed by atoms with Gasteiger partial charge in [-0.25, -0.2) is 4.57 Å². The summed E-state index contributed by atoms with van der Waals surface area (Å²) in [7, 11) is -4.37. The molecule has 0 aliphatic rings. The molecule has 0 aliphatic carbocycles. The van der Waals surface area contributed by atoms with Crippen molar-refractivity contribution in [2.24, 2.45) is 5.73 Å². The summed E-state index contributed by atoms with van der Waals surface area (Å²) in [6, 6.07) is 0. The first kappa shape index (κ1) is 48.8. The lowest BCUT2D eigenvalue weighted by molar-refractivity contribution is -0.161. The zero-order valence-corrected chi connectivity index (χ0v) is 33.3. The molecule has 296 valence electrons. The monoisotopic (exact) mass is 732 g/mol. The summed E-state index contributed by atoms with van der Waals surface area (Å²) in [5, 5.41) is 0. The molecule has 0 amide bonds. The number of hydrogen-bond donors (Lipinski definition) is 2. The molecule has 0 bridgehead atoms. The van der Waals surface area contributed by atoms with Crippen LogP contribution in [0.15, 0.2) is 12.2 Å². The number of unbranched alkanes of at least 4 members (excludes halogenated alkanes) is 24. The Morgan fingerprint density at radius 1 is 0.580 bits per heavy atom. The first-order valence-electron chi connectivity index (χ1n) is 20.7. The van der Waals surface area contributed by atoms with Crippen LogP contribution in [0, 0.1) is 0 Å². The van der Waals surface area contributed by atoms with Crippen LogP contribution in [0.2, 0.25) is 0 Å². The highest BCUT2D eigenvalue weighted by molar-refractivity contribution is 7.47. The zero-order valence-electron chi connectivity index (χ0n) is 32.4. The van der Waals surface area contributed by atoms with Crippen LogP contribution in [0.3, 0.4) is 0 Å². The molecule has 0 saturated carbocycles. The number of rotatable bonds is 39. The largest absolute Gasteiger partial charge is 0.472 e. The predicted molar refractivity (Wildman–Crippen MR) is 206 cm³/mol. The predicted octanol–water partition coefficient (Wildman–Crippen LogP) is 11.4. The van der Waals surface area contributed by atoms with Crippen molar-refractivity contribution in [3.8, 4) is 0 Å². The second-order valence-electron chi connectivity index (χ2n) is 13.9. The van der Waals surface area contributed by atoms with Crippen LogP contribution in [0.4, 0.5) is 0 Å². The van der Waals surface area contributed by atoms with Crippen LogP contribution in [-0.4, -0.2) is 49.3 Å². The minimum atomic E-state index is -4.37. The van der Waals surface area contributed by atoms with Gasteiger partial charge >= 0.3 is 19.8 Å². The Morgan fingerprint density at radius 2 is 0.980 bits per heavy atom. The van der Waals surface area contributed by atoms with Gasteiger partial charge in [-0.15, -0.1) is 0 Å². The van der Waals surface area contributed by atoms with Crippen LogP contribution in [-0.2, 0) is 32.7 Å². The minimum Gasteiger partial charge on any atom is -0.462 e. The maximum absolute atomic E-state index is 12.5. The van der Waals surface area contributed by atoms with Crippen molar-refractivity contribution in [1.82, 2.24) is 0 Å². The highest BCUT2D eigenvalue weighted by atomic mass is 31.2. The molecule has 0 spiro atoms. The lowest BCUT2D eigenvalue weighted by Gasteiger charge is -2.19. The van der Waals surface area contributed by atoms with Gasteiger partial charge in [0.05, 0.1) is 13.2 Å². The average Bonchev–Trinajstić information content (AvgIpc) is 3.10. The third-order valence-corrected chi connectivity index (χ3v) is 9.89. The highest BCUT2D eigenvalue weighted by Gasteiger charge is 2.26. The summed E-state index contributed by atoms with van der Waals surface area (Å²) in [5.74, 6) is -0.826. The van der Waals surface area contributed by atoms with Gasteiger partial charge in [0.15, 0.2) is 6.10 Å². The number of carbonyl (C=O) groups excluding carboxylic acids is 2. The standard InChI is InChI=1S/C40H78NO8P/c1-3-5-7-9-11-13-15-17-18-19-20-21-23-24-26-28-30-32-39(42)46-36-38(37-48-50(44,45)47-35-34-41)49-40(43)33-31-29-27-25-22-16-14-12-10-8-6-4-2/h17-18,38H,3-16,19-37,41H2,1-2H3,(H,44,45)/b18-17+/t38-/m0/s1. The lowest BCUT2D eigenvalue weighted by Crippen LogP contribution is -2.29. The molecular weight excluding hydrogens is 653 g/mol. The first-order valence-corrected chi connectivity index (χ1v) is 22.2.